The number of hydrogen-bond acceptors (Lipinski definition) is 3. The van der Waals surface area contributed by atoms with Crippen LogP contribution >= 0.6 is 0 Å². The Balaban J connectivity index is 2.18. The first-order valence-electron chi connectivity index (χ1n) is 8.50. The number of phenolic OH excluding ortho intramolecular Hbond substituents is 1. The number of benzene rings is 4. The van der Waals surface area contributed by atoms with Gasteiger partial charge in [-0.3, -0.25) is 0 Å². The fraction of sp³-hybridized carbons (Fsp3) is 0.130. The summed E-state index contributed by atoms with van der Waals surface area (Å²) in [5, 5.41) is 15.1. The van der Waals surface area contributed by atoms with E-state index in [1.54, 1.807) is 14.2 Å². The minimum atomic E-state index is 0.283. The van der Waals surface area contributed by atoms with Crippen molar-refractivity contribution in [2.75, 3.05) is 14.2 Å². The third kappa shape index (κ3) is 2.44. The molecule has 0 radical (unpaired) electrons. The van der Waals surface area contributed by atoms with Crippen molar-refractivity contribution in [3.05, 3.63) is 66.2 Å². The van der Waals surface area contributed by atoms with E-state index in [0.29, 0.717) is 0 Å². The van der Waals surface area contributed by atoms with Crippen LogP contribution in [-0.2, 0) is 0 Å². The molecule has 4 aromatic carbocycles. The van der Waals surface area contributed by atoms with E-state index in [9.17, 15) is 5.11 Å². The molecule has 0 saturated carbocycles. The van der Waals surface area contributed by atoms with E-state index in [2.05, 4.69) is 6.07 Å². The Labute approximate surface area is 152 Å². The van der Waals surface area contributed by atoms with Crippen molar-refractivity contribution >= 4 is 21.5 Å². The average molecular weight is 344 g/mol. The Bertz CT molecular complexity index is 1130. The maximum absolute atomic E-state index is 10.9. The highest BCUT2D eigenvalue weighted by atomic mass is 16.5. The summed E-state index contributed by atoms with van der Waals surface area (Å²) in [4.78, 5) is 0. The highest BCUT2D eigenvalue weighted by Crippen LogP contribution is 2.46. The molecule has 0 aliphatic carbocycles. The number of phenols is 1. The SMILES string of the molecule is COc1ccc2c(-c3c(O)c(C)cc4ccccc34)c(OC)ccc2c1. The molecule has 0 aromatic heterocycles. The van der Waals surface area contributed by atoms with Crippen molar-refractivity contribution < 1.29 is 14.6 Å². The van der Waals surface area contributed by atoms with Gasteiger partial charge in [0.1, 0.15) is 17.2 Å². The van der Waals surface area contributed by atoms with E-state index in [-0.39, 0.29) is 5.75 Å². The van der Waals surface area contributed by atoms with Gasteiger partial charge in [0, 0.05) is 11.1 Å². The second-order valence-corrected chi connectivity index (χ2v) is 6.37. The van der Waals surface area contributed by atoms with Gasteiger partial charge in [0.05, 0.1) is 14.2 Å². The lowest BCUT2D eigenvalue weighted by molar-refractivity contribution is 0.414. The molecule has 0 fully saturated rings. The molecule has 0 spiro atoms. The van der Waals surface area contributed by atoms with E-state index >= 15 is 0 Å². The molecule has 3 heteroatoms. The third-order valence-corrected chi connectivity index (χ3v) is 4.87. The first-order valence-corrected chi connectivity index (χ1v) is 8.50. The van der Waals surface area contributed by atoms with Crippen LogP contribution in [0.2, 0.25) is 0 Å². The molecule has 0 aliphatic heterocycles. The summed E-state index contributed by atoms with van der Waals surface area (Å²) >= 11 is 0. The van der Waals surface area contributed by atoms with Gasteiger partial charge >= 0.3 is 0 Å². The Morgan fingerprint density at radius 3 is 2.23 bits per heavy atom. The molecule has 0 heterocycles. The molecule has 4 aromatic rings. The van der Waals surface area contributed by atoms with Crippen LogP contribution in [0.4, 0.5) is 0 Å². The summed E-state index contributed by atoms with van der Waals surface area (Å²) < 4.78 is 11.0. The highest BCUT2D eigenvalue weighted by molar-refractivity contribution is 6.10. The predicted molar refractivity (Wildman–Crippen MR) is 106 cm³/mol. The standard InChI is InChI=1S/C23H20O3/c1-14-12-15-6-4-5-7-18(15)22(23(14)24)21-19-10-9-17(25-2)13-16(19)8-11-20(21)26-3/h4-13,24H,1-3H3. The number of aryl methyl sites for hydroxylation is 1. The fourth-order valence-electron chi connectivity index (χ4n) is 3.57. The lowest BCUT2D eigenvalue weighted by Crippen LogP contribution is -1.93. The van der Waals surface area contributed by atoms with E-state index in [4.69, 9.17) is 9.47 Å². The van der Waals surface area contributed by atoms with Crippen LogP contribution in [0.25, 0.3) is 32.7 Å². The van der Waals surface area contributed by atoms with Crippen molar-refractivity contribution in [3.63, 3.8) is 0 Å². The summed E-state index contributed by atoms with van der Waals surface area (Å²) in [5.74, 6) is 1.81. The Morgan fingerprint density at radius 2 is 1.46 bits per heavy atom. The number of fused-ring (bicyclic) bond motifs is 2. The zero-order valence-corrected chi connectivity index (χ0v) is 15.0. The molecule has 0 saturated heterocycles. The van der Waals surface area contributed by atoms with Crippen molar-refractivity contribution in [1.29, 1.82) is 0 Å². The second kappa shape index (κ2) is 6.26. The maximum atomic E-state index is 10.9. The van der Waals surface area contributed by atoms with Gasteiger partial charge in [-0.05, 0) is 64.4 Å². The third-order valence-electron chi connectivity index (χ3n) is 4.87. The highest BCUT2D eigenvalue weighted by Gasteiger charge is 2.19. The zero-order chi connectivity index (χ0) is 18.3. The molecule has 4 rings (SSSR count). The van der Waals surface area contributed by atoms with Crippen LogP contribution in [0.15, 0.2) is 60.7 Å². The number of hydrogen-bond donors (Lipinski definition) is 1. The van der Waals surface area contributed by atoms with Crippen LogP contribution in [0, 0.1) is 6.92 Å². The van der Waals surface area contributed by atoms with Gasteiger partial charge < -0.3 is 14.6 Å². The number of ether oxygens (including phenoxy) is 2. The normalized spacial score (nSPS) is 11.0. The largest absolute Gasteiger partial charge is 0.507 e. The van der Waals surface area contributed by atoms with Gasteiger partial charge in [0.25, 0.3) is 0 Å². The molecule has 3 nitrogen and oxygen atoms in total. The quantitative estimate of drug-likeness (QED) is 0.519. The van der Waals surface area contributed by atoms with E-state index in [0.717, 1.165) is 49.7 Å². The summed E-state index contributed by atoms with van der Waals surface area (Å²) in [6.07, 6.45) is 0. The molecule has 130 valence electrons. The second-order valence-electron chi connectivity index (χ2n) is 6.37. The van der Waals surface area contributed by atoms with Crippen molar-refractivity contribution in [1.82, 2.24) is 0 Å². The van der Waals surface area contributed by atoms with Gasteiger partial charge in [0.2, 0.25) is 0 Å². The summed E-state index contributed by atoms with van der Waals surface area (Å²) in [7, 11) is 3.31. The molecule has 0 unspecified atom stereocenters. The molecular weight excluding hydrogens is 324 g/mol. The minimum absolute atomic E-state index is 0.283. The maximum Gasteiger partial charge on any atom is 0.127 e. The Morgan fingerprint density at radius 1 is 0.731 bits per heavy atom. The van der Waals surface area contributed by atoms with Crippen molar-refractivity contribution in [3.8, 4) is 28.4 Å². The van der Waals surface area contributed by atoms with Crippen LogP contribution in [0.1, 0.15) is 5.56 Å². The molecule has 0 aliphatic rings. The van der Waals surface area contributed by atoms with Crippen LogP contribution in [-0.4, -0.2) is 19.3 Å². The summed E-state index contributed by atoms with van der Waals surface area (Å²) in [5.41, 5.74) is 2.53. The van der Waals surface area contributed by atoms with Crippen LogP contribution in [0.3, 0.4) is 0 Å². The van der Waals surface area contributed by atoms with Crippen LogP contribution in [0.5, 0.6) is 17.2 Å². The molecule has 1 N–H and O–H groups in total. The first kappa shape index (κ1) is 16.3. The lowest BCUT2D eigenvalue weighted by atomic mass is 9.90. The number of aromatic hydroxyl groups is 1. The number of methoxy groups -OCH3 is 2. The van der Waals surface area contributed by atoms with Gasteiger partial charge in [-0.2, -0.15) is 0 Å². The Kier molecular flexibility index (Phi) is 3.92. The topological polar surface area (TPSA) is 38.7 Å². The summed E-state index contributed by atoms with van der Waals surface area (Å²) in [6.45, 7) is 1.92. The number of rotatable bonds is 3. The first-order chi connectivity index (χ1) is 12.6. The van der Waals surface area contributed by atoms with E-state index in [1.165, 1.54) is 0 Å². The Hall–Kier alpha value is -3.20. The van der Waals surface area contributed by atoms with Gasteiger partial charge in [-0.15, -0.1) is 0 Å². The fourth-order valence-corrected chi connectivity index (χ4v) is 3.57. The van der Waals surface area contributed by atoms with E-state index in [1.807, 2.05) is 61.5 Å². The predicted octanol–water partition coefficient (Wildman–Crippen LogP) is 5.69. The van der Waals surface area contributed by atoms with Gasteiger partial charge in [-0.25, -0.2) is 0 Å². The molecule has 0 amide bonds. The monoisotopic (exact) mass is 344 g/mol. The van der Waals surface area contributed by atoms with Gasteiger partial charge in [0.15, 0.2) is 0 Å². The van der Waals surface area contributed by atoms with Crippen molar-refractivity contribution in [2.24, 2.45) is 0 Å². The molecule has 26 heavy (non-hydrogen) atoms. The minimum Gasteiger partial charge on any atom is -0.507 e. The van der Waals surface area contributed by atoms with Gasteiger partial charge in [-0.1, -0.05) is 30.3 Å². The molecule has 0 atom stereocenters. The lowest BCUT2D eigenvalue weighted by Gasteiger charge is -2.17. The molecule has 0 bridgehead atoms. The van der Waals surface area contributed by atoms with E-state index < -0.39 is 0 Å². The van der Waals surface area contributed by atoms with Crippen molar-refractivity contribution in [2.45, 2.75) is 6.92 Å². The summed E-state index contributed by atoms with van der Waals surface area (Å²) in [6, 6.07) is 20.0. The zero-order valence-electron chi connectivity index (χ0n) is 15.0. The smallest absolute Gasteiger partial charge is 0.127 e. The molecular formula is C23H20O3. The average Bonchev–Trinajstić information content (AvgIpc) is 2.68. The van der Waals surface area contributed by atoms with Crippen LogP contribution < -0.4 is 9.47 Å².